The van der Waals surface area contributed by atoms with Crippen molar-refractivity contribution in [1.29, 1.82) is 0 Å². The quantitative estimate of drug-likeness (QED) is 0.243. The highest BCUT2D eigenvalue weighted by atomic mass is 16.6. The highest BCUT2D eigenvalue weighted by molar-refractivity contribution is 5.91. The number of alkyl carbamates (subject to hydrolysis) is 1. The van der Waals surface area contributed by atoms with E-state index in [9.17, 15) is 19.5 Å². The number of aliphatic carboxylic acids is 1. The SMILES string of the molecule is C[C@](Cc1c[nH]c2ccccc12)(NC(=O)OC1C2CC3CC(C2)CC1C3)C(=O)N(CCCC(=O)O)CCc1ccccc1. The normalized spacial score (nSPS) is 25.3. The van der Waals surface area contributed by atoms with Gasteiger partial charge in [-0.25, -0.2) is 4.79 Å². The van der Waals surface area contributed by atoms with Crippen LogP contribution in [0.4, 0.5) is 4.79 Å². The summed E-state index contributed by atoms with van der Waals surface area (Å²) < 4.78 is 6.20. The van der Waals surface area contributed by atoms with Crippen molar-refractivity contribution in [3.8, 4) is 0 Å². The Morgan fingerprint density at radius 1 is 0.953 bits per heavy atom. The topological polar surface area (TPSA) is 112 Å². The van der Waals surface area contributed by atoms with E-state index in [1.807, 2.05) is 60.8 Å². The number of carbonyl (C=O) groups is 3. The van der Waals surface area contributed by atoms with Crippen molar-refractivity contribution in [2.75, 3.05) is 13.1 Å². The Hall–Kier alpha value is -3.81. The van der Waals surface area contributed by atoms with Gasteiger partial charge in [0.1, 0.15) is 11.6 Å². The van der Waals surface area contributed by atoms with Crippen molar-refractivity contribution >= 4 is 28.9 Å². The van der Waals surface area contributed by atoms with Gasteiger partial charge in [0.05, 0.1) is 0 Å². The Morgan fingerprint density at radius 2 is 1.63 bits per heavy atom. The molecular formula is C35H43N3O5. The number of ether oxygens (including phenoxy) is 1. The number of H-pyrrole nitrogens is 1. The van der Waals surface area contributed by atoms with Gasteiger partial charge >= 0.3 is 12.1 Å². The first-order valence-electron chi connectivity index (χ1n) is 15.9. The van der Waals surface area contributed by atoms with Crippen LogP contribution in [-0.4, -0.2) is 57.7 Å². The minimum atomic E-state index is -1.30. The molecule has 4 fully saturated rings. The monoisotopic (exact) mass is 585 g/mol. The number of benzene rings is 2. The largest absolute Gasteiger partial charge is 0.481 e. The molecule has 0 aliphatic heterocycles. The molecule has 4 bridgehead atoms. The number of rotatable bonds is 12. The predicted molar refractivity (Wildman–Crippen MR) is 164 cm³/mol. The number of carbonyl (C=O) groups excluding carboxylic acids is 2. The molecule has 1 atom stereocenters. The highest BCUT2D eigenvalue weighted by Crippen LogP contribution is 2.54. The maximum absolute atomic E-state index is 14.5. The number of aromatic nitrogens is 1. The van der Waals surface area contributed by atoms with E-state index in [-0.39, 0.29) is 31.4 Å². The molecule has 7 rings (SSSR count). The molecule has 0 spiro atoms. The molecule has 0 unspecified atom stereocenters. The second kappa shape index (κ2) is 12.4. The van der Waals surface area contributed by atoms with Crippen molar-refractivity contribution in [3.05, 3.63) is 71.9 Å². The number of para-hydroxylation sites is 1. The van der Waals surface area contributed by atoms with E-state index in [4.69, 9.17) is 4.74 Å². The minimum Gasteiger partial charge on any atom is -0.481 e. The van der Waals surface area contributed by atoms with Crippen LogP contribution in [-0.2, 0) is 27.2 Å². The summed E-state index contributed by atoms with van der Waals surface area (Å²) >= 11 is 0. The van der Waals surface area contributed by atoms with Gasteiger partial charge in [-0.3, -0.25) is 9.59 Å². The summed E-state index contributed by atoms with van der Waals surface area (Å²) in [5.41, 5.74) is 1.68. The zero-order valence-electron chi connectivity index (χ0n) is 25.0. The number of nitrogens with one attached hydrogen (secondary N) is 2. The molecule has 0 saturated heterocycles. The number of nitrogens with zero attached hydrogens (tertiary/aromatic N) is 1. The van der Waals surface area contributed by atoms with Crippen molar-refractivity contribution in [2.45, 2.75) is 76.4 Å². The summed E-state index contributed by atoms with van der Waals surface area (Å²) in [6.45, 7) is 2.48. The number of carboxylic acids is 1. The van der Waals surface area contributed by atoms with Crippen molar-refractivity contribution in [1.82, 2.24) is 15.2 Å². The van der Waals surface area contributed by atoms with E-state index >= 15 is 0 Å². The van der Waals surface area contributed by atoms with Crippen LogP contribution >= 0.6 is 0 Å². The number of carboxylic acid groups (broad SMARTS) is 1. The first kappa shape index (κ1) is 29.3. The van der Waals surface area contributed by atoms with Crippen molar-refractivity contribution in [3.63, 3.8) is 0 Å². The van der Waals surface area contributed by atoms with Crippen LogP contribution in [0, 0.1) is 23.7 Å². The maximum atomic E-state index is 14.5. The molecule has 228 valence electrons. The molecule has 3 aromatic rings. The van der Waals surface area contributed by atoms with Gasteiger partial charge in [0.2, 0.25) is 5.91 Å². The summed E-state index contributed by atoms with van der Waals surface area (Å²) in [6.07, 6.45) is 8.32. The Labute approximate surface area is 253 Å². The van der Waals surface area contributed by atoms with E-state index in [2.05, 4.69) is 10.3 Å². The second-order valence-electron chi connectivity index (χ2n) is 13.3. The third-order valence-corrected chi connectivity index (χ3v) is 10.1. The van der Waals surface area contributed by atoms with Crippen molar-refractivity contribution in [2.24, 2.45) is 23.7 Å². The van der Waals surface area contributed by atoms with E-state index in [1.54, 1.807) is 11.8 Å². The molecule has 4 aliphatic carbocycles. The van der Waals surface area contributed by atoms with E-state index < -0.39 is 17.6 Å². The van der Waals surface area contributed by atoms with Crippen LogP contribution in [0.25, 0.3) is 10.9 Å². The number of hydrogen-bond donors (Lipinski definition) is 3. The average Bonchev–Trinajstić information content (AvgIpc) is 3.38. The van der Waals surface area contributed by atoms with E-state index in [0.29, 0.717) is 31.2 Å². The van der Waals surface area contributed by atoms with Gasteiger partial charge in [0.25, 0.3) is 0 Å². The molecule has 4 saturated carbocycles. The lowest BCUT2D eigenvalue weighted by Crippen LogP contribution is -2.60. The van der Waals surface area contributed by atoms with Gasteiger partial charge in [-0.2, -0.15) is 0 Å². The van der Waals surface area contributed by atoms with E-state index in [1.165, 1.54) is 6.42 Å². The van der Waals surface area contributed by atoms with Crippen LogP contribution in [0.15, 0.2) is 60.8 Å². The molecule has 4 aliphatic rings. The molecule has 0 radical (unpaired) electrons. The lowest BCUT2D eigenvalue weighted by Gasteiger charge is -2.53. The number of aromatic amines is 1. The summed E-state index contributed by atoms with van der Waals surface area (Å²) in [6, 6.07) is 17.9. The van der Waals surface area contributed by atoms with Crippen LogP contribution in [0.5, 0.6) is 0 Å². The van der Waals surface area contributed by atoms with Gasteiger partial charge < -0.3 is 25.0 Å². The van der Waals surface area contributed by atoms with Crippen LogP contribution in [0.2, 0.25) is 0 Å². The Balaban J connectivity index is 1.24. The lowest BCUT2D eigenvalue weighted by atomic mass is 9.55. The molecule has 43 heavy (non-hydrogen) atoms. The van der Waals surface area contributed by atoms with Crippen LogP contribution in [0.3, 0.4) is 0 Å². The minimum absolute atomic E-state index is 0.0316. The number of amides is 2. The molecule has 2 amide bonds. The van der Waals surface area contributed by atoms with Gasteiger partial charge in [-0.05, 0) is 92.7 Å². The van der Waals surface area contributed by atoms with Crippen LogP contribution in [0.1, 0.15) is 63.0 Å². The van der Waals surface area contributed by atoms with Crippen LogP contribution < -0.4 is 5.32 Å². The second-order valence-corrected chi connectivity index (χ2v) is 13.3. The Kier molecular flexibility index (Phi) is 8.46. The first-order valence-corrected chi connectivity index (χ1v) is 15.9. The molecule has 2 aromatic carbocycles. The summed E-state index contributed by atoms with van der Waals surface area (Å²) in [7, 11) is 0. The third-order valence-electron chi connectivity index (χ3n) is 10.1. The average molecular weight is 586 g/mol. The zero-order valence-corrected chi connectivity index (χ0v) is 25.0. The zero-order chi connectivity index (χ0) is 30.0. The van der Waals surface area contributed by atoms with Gasteiger partial charge in [0.15, 0.2) is 0 Å². The fourth-order valence-electron chi connectivity index (χ4n) is 8.27. The fraction of sp³-hybridized carbons (Fsp3) is 0.514. The van der Waals surface area contributed by atoms with Gasteiger partial charge in [-0.1, -0.05) is 48.5 Å². The third kappa shape index (κ3) is 6.58. The molecular weight excluding hydrogens is 542 g/mol. The molecule has 8 heteroatoms. The fourth-order valence-corrected chi connectivity index (χ4v) is 8.27. The first-order chi connectivity index (χ1) is 20.8. The molecule has 1 aromatic heterocycles. The summed E-state index contributed by atoms with van der Waals surface area (Å²) in [5.74, 6) is 1.23. The highest BCUT2D eigenvalue weighted by Gasteiger charge is 2.50. The Bertz CT molecular complexity index is 1420. The van der Waals surface area contributed by atoms with Gasteiger partial charge in [-0.15, -0.1) is 0 Å². The summed E-state index contributed by atoms with van der Waals surface area (Å²) in [4.78, 5) is 44.5. The standard InChI is InChI=1S/C35H43N3O5/c1-35(21-28-22-36-30-11-6-5-10-29(28)30,37-34(42)43-32-26-17-24-16-25(19-26)20-27(32)18-24)33(41)38(14-7-12-31(39)40)15-13-23-8-3-2-4-9-23/h2-6,8-11,22,24-27,32,36H,7,12-21H2,1H3,(H,37,42)(H,39,40)/t24?,25?,26?,27?,32?,35-/m1/s1. The molecule has 1 heterocycles. The lowest BCUT2D eigenvalue weighted by molar-refractivity contribution is -0.140. The number of hydrogen-bond acceptors (Lipinski definition) is 4. The predicted octanol–water partition coefficient (Wildman–Crippen LogP) is 5.96. The maximum Gasteiger partial charge on any atom is 0.408 e. The number of fused-ring (bicyclic) bond motifs is 1. The Morgan fingerprint density at radius 3 is 2.33 bits per heavy atom. The van der Waals surface area contributed by atoms with E-state index in [0.717, 1.165) is 59.5 Å². The molecule has 8 nitrogen and oxygen atoms in total. The molecule has 3 N–H and O–H groups in total. The smallest absolute Gasteiger partial charge is 0.408 e. The summed E-state index contributed by atoms with van der Waals surface area (Å²) in [5, 5.41) is 13.3. The van der Waals surface area contributed by atoms with Crippen molar-refractivity contribution < 1.29 is 24.2 Å². The van der Waals surface area contributed by atoms with Gasteiger partial charge in [0, 0.05) is 43.0 Å².